The summed E-state index contributed by atoms with van der Waals surface area (Å²) in [6, 6.07) is 11.8. The molecule has 0 saturated heterocycles. The number of carbonyl (C=O) groups is 3. The first kappa shape index (κ1) is 26.3. The number of guanidine groups is 1. The van der Waals surface area contributed by atoms with Crippen LogP contribution in [0, 0.1) is 12.3 Å². The summed E-state index contributed by atoms with van der Waals surface area (Å²) in [5.74, 6) is -1.97. The number of carboxylic acid groups (broad SMARTS) is 1. The molecule has 1 aliphatic rings. The Balaban J connectivity index is 1.33. The molecule has 0 spiro atoms. The molecule has 1 atom stereocenters. The smallest absolute Gasteiger partial charge is 0.335 e. The van der Waals surface area contributed by atoms with E-state index in [9.17, 15) is 19.5 Å². The van der Waals surface area contributed by atoms with Gasteiger partial charge in [0, 0.05) is 19.2 Å². The van der Waals surface area contributed by atoms with Gasteiger partial charge in [-0.1, -0.05) is 30.3 Å². The van der Waals surface area contributed by atoms with Crippen LogP contribution in [0.25, 0.3) is 5.78 Å². The highest BCUT2D eigenvalue weighted by atomic mass is 16.4. The molecule has 2 amide bonds. The Hall–Kier alpha value is -5.33. The number of carbonyl (C=O) groups excluding carboxylic acids is 2. The lowest BCUT2D eigenvalue weighted by Gasteiger charge is -2.16. The number of hydrogen-bond donors (Lipinski definition) is 6. The number of rotatable bonds is 8. The van der Waals surface area contributed by atoms with Crippen molar-refractivity contribution in [3.63, 3.8) is 0 Å². The van der Waals surface area contributed by atoms with Crippen molar-refractivity contribution < 1.29 is 19.5 Å². The van der Waals surface area contributed by atoms with Gasteiger partial charge in [-0.3, -0.25) is 15.0 Å². The average molecular weight is 542 g/mol. The van der Waals surface area contributed by atoms with Crippen molar-refractivity contribution in [2.75, 3.05) is 0 Å². The lowest BCUT2D eigenvalue weighted by atomic mass is 9.98. The molecule has 0 saturated carbocycles. The highest BCUT2D eigenvalue weighted by Gasteiger charge is 2.29. The first-order valence-corrected chi connectivity index (χ1v) is 12.5. The van der Waals surface area contributed by atoms with E-state index in [-0.39, 0.29) is 41.3 Å². The number of benzene rings is 2. The number of carboxylic acids is 1. The molecule has 2 aromatic carbocycles. The SMILES string of the molecule is Cc1c(C(=O)O)ccc2c1CC[C@@H]2NC(=O)c1cc(C(=O)NCc2cccc(CNC(=N)N)c2)nc2ncnn12. The second-order valence-electron chi connectivity index (χ2n) is 9.44. The van der Waals surface area contributed by atoms with Crippen LogP contribution in [0.3, 0.4) is 0 Å². The summed E-state index contributed by atoms with van der Waals surface area (Å²) >= 11 is 0. The fourth-order valence-electron chi connectivity index (χ4n) is 4.90. The Morgan fingerprint density at radius 3 is 2.58 bits per heavy atom. The molecule has 204 valence electrons. The van der Waals surface area contributed by atoms with Gasteiger partial charge >= 0.3 is 5.97 Å². The monoisotopic (exact) mass is 541 g/mol. The van der Waals surface area contributed by atoms with Gasteiger partial charge in [0.1, 0.15) is 17.7 Å². The Morgan fingerprint density at radius 1 is 1.10 bits per heavy atom. The number of aromatic nitrogens is 4. The molecule has 0 bridgehead atoms. The molecule has 0 fully saturated rings. The van der Waals surface area contributed by atoms with Crippen molar-refractivity contribution in [2.24, 2.45) is 5.73 Å². The van der Waals surface area contributed by atoms with Crippen molar-refractivity contribution in [1.29, 1.82) is 5.41 Å². The molecule has 7 N–H and O–H groups in total. The largest absolute Gasteiger partial charge is 0.478 e. The summed E-state index contributed by atoms with van der Waals surface area (Å²) < 4.78 is 1.27. The molecular weight excluding hydrogens is 514 g/mol. The molecule has 0 aliphatic heterocycles. The molecule has 5 rings (SSSR count). The molecule has 0 radical (unpaired) electrons. The molecular formula is C27H27N9O4. The topological polar surface area (TPSA) is 200 Å². The van der Waals surface area contributed by atoms with Crippen molar-refractivity contribution >= 4 is 29.5 Å². The van der Waals surface area contributed by atoms with Crippen LogP contribution in [0.5, 0.6) is 0 Å². The van der Waals surface area contributed by atoms with Crippen molar-refractivity contribution in [2.45, 2.75) is 38.9 Å². The van der Waals surface area contributed by atoms with Crippen LogP contribution in [-0.4, -0.2) is 48.4 Å². The number of hydrogen-bond acceptors (Lipinski definition) is 7. The number of nitrogens with two attached hydrogens (primary N) is 1. The minimum absolute atomic E-state index is 0.00816. The molecule has 0 unspecified atom stereocenters. The number of nitrogens with one attached hydrogen (secondary N) is 4. The van der Waals surface area contributed by atoms with E-state index < -0.39 is 17.8 Å². The summed E-state index contributed by atoms with van der Waals surface area (Å²) in [5, 5.41) is 29.4. The highest BCUT2D eigenvalue weighted by molar-refractivity contribution is 5.98. The van der Waals surface area contributed by atoms with Gasteiger partial charge in [-0.25, -0.2) is 9.78 Å². The first-order valence-electron chi connectivity index (χ1n) is 12.5. The zero-order valence-corrected chi connectivity index (χ0v) is 21.6. The van der Waals surface area contributed by atoms with E-state index in [4.69, 9.17) is 11.1 Å². The summed E-state index contributed by atoms with van der Waals surface area (Å²) in [6.45, 7) is 2.37. The molecule has 13 heteroatoms. The number of fused-ring (bicyclic) bond motifs is 2. The Kier molecular flexibility index (Phi) is 7.10. The van der Waals surface area contributed by atoms with E-state index >= 15 is 0 Å². The molecule has 4 aromatic rings. The van der Waals surface area contributed by atoms with Gasteiger partial charge in [-0.2, -0.15) is 14.6 Å². The Morgan fingerprint density at radius 2 is 1.85 bits per heavy atom. The average Bonchev–Trinajstić information content (AvgIpc) is 3.58. The van der Waals surface area contributed by atoms with E-state index in [1.54, 1.807) is 19.1 Å². The van der Waals surface area contributed by atoms with E-state index in [1.165, 1.54) is 16.9 Å². The highest BCUT2D eigenvalue weighted by Crippen LogP contribution is 2.34. The number of nitrogens with zero attached hydrogens (tertiary/aromatic N) is 4. The molecule has 40 heavy (non-hydrogen) atoms. The first-order chi connectivity index (χ1) is 19.2. The maximum atomic E-state index is 13.4. The van der Waals surface area contributed by atoms with Crippen LogP contribution in [0.4, 0.5) is 0 Å². The second kappa shape index (κ2) is 10.8. The van der Waals surface area contributed by atoms with Gasteiger partial charge in [0.2, 0.25) is 0 Å². The maximum Gasteiger partial charge on any atom is 0.335 e. The van der Waals surface area contributed by atoms with Crippen molar-refractivity contribution in [3.8, 4) is 0 Å². The normalized spacial score (nSPS) is 14.0. The van der Waals surface area contributed by atoms with Crippen LogP contribution < -0.4 is 21.7 Å². The fourth-order valence-corrected chi connectivity index (χ4v) is 4.90. The van der Waals surface area contributed by atoms with Gasteiger partial charge in [-0.15, -0.1) is 0 Å². The van der Waals surface area contributed by atoms with Gasteiger partial charge in [-0.05, 0) is 53.6 Å². The van der Waals surface area contributed by atoms with Gasteiger partial charge < -0.3 is 26.8 Å². The third-order valence-electron chi connectivity index (χ3n) is 6.87. The van der Waals surface area contributed by atoms with Gasteiger partial charge in [0.25, 0.3) is 17.6 Å². The van der Waals surface area contributed by atoms with E-state index in [0.717, 1.165) is 22.3 Å². The van der Waals surface area contributed by atoms with E-state index in [2.05, 4.69) is 31.0 Å². The maximum absolute atomic E-state index is 13.4. The minimum Gasteiger partial charge on any atom is -0.478 e. The molecule has 13 nitrogen and oxygen atoms in total. The third kappa shape index (κ3) is 5.29. The van der Waals surface area contributed by atoms with Crippen LogP contribution in [0.2, 0.25) is 0 Å². The Bertz CT molecular complexity index is 1660. The fraction of sp³-hybridized carbons (Fsp3) is 0.222. The van der Waals surface area contributed by atoms with Crippen LogP contribution in [-0.2, 0) is 19.5 Å². The van der Waals surface area contributed by atoms with E-state index in [0.29, 0.717) is 24.9 Å². The summed E-state index contributed by atoms with van der Waals surface area (Å²) in [7, 11) is 0. The lowest BCUT2D eigenvalue weighted by Crippen LogP contribution is -2.31. The van der Waals surface area contributed by atoms with Crippen LogP contribution >= 0.6 is 0 Å². The Labute approximate surface area is 228 Å². The van der Waals surface area contributed by atoms with Crippen LogP contribution in [0.15, 0.2) is 48.8 Å². The minimum atomic E-state index is -0.985. The number of aromatic carboxylic acids is 1. The summed E-state index contributed by atoms with van der Waals surface area (Å²) in [6.07, 6.45) is 2.51. The van der Waals surface area contributed by atoms with E-state index in [1.807, 2.05) is 24.3 Å². The van der Waals surface area contributed by atoms with Gasteiger partial charge in [0.15, 0.2) is 5.96 Å². The third-order valence-corrected chi connectivity index (χ3v) is 6.87. The van der Waals surface area contributed by atoms with Crippen molar-refractivity contribution in [1.82, 2.24) is 35.5 Å². The molecule has 2 aromatic heterocycles. The standard InChI is InChI=1S/C27H27N9O4/c1-14-17-7-8-20(19(17)6-5-18(14)25(39)40)34-24(38)22-10-21(35-27-32-13-33-36(22)27)23(37)30-11-15-3-2-4-16(9-15)12-31-26(28)29/h2-6,9-10,13,20H,7-8,11-12H2,1H3,(H,30,37)(H,34,38)(H,39,40)(H4,28,29,31)/t20-/m0/s1. The van der Waals surface area contributed by atoms with Crippen LogP contribution in [0.1, 0.15) is 71.6 Å². The van der Waals surface area contributed by atoms with Crippen molar-refractivity contribution in [3.05, 3.63) is 93.6 Å². The van der Waals surface area contributed by atoms with Gasteiger partial charge in [0.05, 0.1) is 11.6 Å². The molecule has 2 heterocycles. The molecule has 1 aliphatic carbocycles. The lowest BCUT2D eigenvalue weighted by molar-refractivity contribution is 0.0695. The summed E-state index contributed by atoms with van der Waals surface area (Å²) in [5.41, 5.74) is 9.92. The second-order valence-corrected chi connectivity index (χ2v) is 9.44. The zero-order chi connectivity index (χ0) is 28.4. The predicted molar refractivity (Wildman–Crippen MR) is 144 cm³/mol. The summed E-state index contributed by atoms with van der Waals surface area (Å²) in [4.78, 5) is 46.3. The number of amides is 2. The predicted octanol–water partition coefficient (Wildman–Crippen LogP) is 1.46. The quantitative estimate of drug-likeness (QED) is 0.141. The zero-order valence-electron chi connectivity index (χ0n) is 21.6.